The molecule has 2 aromatic rings. The third-order valence-electron chi connectivity index (χ3n) is 4.74. The molecule has 0 aliphatic carbocycles. The van der Waals surface area contributed by atoms with Gasteiger partial charge in [-0.2, -0.15) is 0 Å². The zero-order chi connectivity index (χ0) is 19.4. The Balaban J connectivity index is 1.81. The molecule has 1 aliphatic heterocycles. The normalized spacial score (nSPS) is 14.9. The van der Waals surface area contributed by atoms with Crippen molar-refractivity contribution < 1.29 is 14.5 Å². The summed E-state index contributed by atoms with van der Waals surface area (Å²) in [6, 6.07) is 13.4. The predicted octanol–water partition coefficient (Wildman–Crippen LogP) is 3.00. The van der Waals surface area contributed by atoms with Gasteiger partial charge in [0.25, 0.3) is 11.6 Å². The Labute approximate surface area is 157 Å². The third kappa shape index (κ3) is 4.31. The topological polar surface area (TPSA) is 92.6 Å². The molecule has 0 bridgehead atoms. The van der Waals surface area contributed by atoms with E-state index in [0.717, 1.165) is 12.0 Å². The molecule has 1 atom stereocenters. The van der Waals surface area contributed by atoms with Crippen molar-refractivity contribution in [1.29, 1.82) is 0 Å². The summed E-state index contributed by atoms with van der Waals surface area (Å²) in [6.45, 7) is 2.70. The van der Waals surface area contributed by atoms with Crippen molar-refractivity contribution in [2.24, 2.45) is 0 Å². The molecule has 2 aromatic carbocycles. The van der Waals surface area contributed by atoms with Crippen LogP contribution in [0.3, 0.4) is 0 Å². The summed E-state index contributed by atoms with van der Waals surface area (Å²) in [5.41, 5.74) is 1.67. The van der Waals surface area contributed by atoms with Crippen molar-refractivity contribution in [3.63, 3.8) is 0 Å². The van der Waals surface area contributed by atoms with E-state index in [1.165, 1.54) is 18.2 Å². The van der Waals surface area contributed by atoms with Gasteiger partial charge in [0.2, 0.25) is 5.91 Å². The van der Waals surface area contributed by atoms with Crippen molar-refractivity contribution >= 4 is 17.5 Å². The minimum absolute atomic E-state index is 0.0196. The van der Waals surface area contributed by atoms with Crippen molar-refractivity contribution in [3.8, 4) is 0 Å². The fourth-order valence-electron chi connectivity index (χ4n) is 3.28. The summed E-state index contributed by atoms with van der Waals surface area (Å²) in [6.07, 6.45) is 1.37. The van der Waals surface area contributed by atoms with Crippen LogP contribution >= 0.6 is 0 Å². The quantitative estimate of drug-likeness (QED) is 0.627. The summed E-state index contributed by atoms with van der Waals surface area (Å²) in [5, 5.41) is 13.9. The highest BCUT2D eigenvalue weighted by atomic mass is 16.6. The van der Waals surface area contributed by atoms with Crippen molar-refractivity contribution in [2.45, 2.75) is 25.8 Å². The Morgan fingerprint density at radius 3 is 2.59 bits per heavy atom. The lowest BCUT2D eigenvalue weighted by Gasteiger charge is -2.25. The zero-order valence-electron chi connectivity index (χ0n) is 15.1. The van der Waals surface area contributed by atoms with Crippen molar-refractivity contribution in [1.82, 2.24) is 10.2 Å². The number of nitro groups is 1. The molecule has 1 fully saturated rings. The number of benzene rings is 2. The van der Waals surface area contributed by atoms with E-state index in [9.17, 15) is 19.7 Å². The molecule has 0 aromatic heterocycles. The van der Waals surface area contributed by atoms with Crippen LogP contribution in [0.4, 0.5) is 5.69 Å². The largest absolute Gasteiger partial charge is 0.343 e. The summed E-state index contributed by atoms with van der Waals surface area (Å²) < 4.78 is 0. The van der Waals surface area contributed by atoms with Crippen LogP contribution in [0.25, 0.3) is 0 Å². The molecule has 2 amide bonds. The number of carbonyl (C=O) groups is 2. The average molecular weight is 367 g/mol. The van der Waals surface area contributed by atoms with Crippen molar-refractivity contribution in [3.05, 3.63) is 75.3 Å². The Morgan fingerprint density at radius 2 is 2.00 bits per heavy atom. The molecule has 0 radical (unpaired) electrons. The maximum absolute atomic E-state index is 12.7. The molecule has 27 heavy (non-hydrogen) atoms. The monoisotopic (exact) mass is 367 g/mol. The summed E-state index contributed by atoms with van der Waals surface area (Å²) in [4.78, 5) is 37.0. The molecule has 1 saturated heterocycles. The van der Waals surface area contributed by atoms with Gasteiger partial charge in [0, 0.05) is 36.7 Å². The molecule has 0 saturated carbocycles. The van der Waals surface area contributed by atoms with Crippen LogP contribution in [0.5, 0.6) is 0 Å². The van der Waals surface area contributed by atoms with Crippen LogP contribution in [0, 0.1) is 17.0 Å². The van der Waals surface area contributed by atoms with E-state index >= 15 is 0 Å². The standard InChI is InChI=1S/C20H21N3O4/c1-14-12-16(9-10-18(14)23(26)27)20(25)21-17(15-6-3-2-4-7-15)13-22-11-5-8-19(22)24/h2-4,6-7,9-10,12,17H,5,8,11,13H2,1H3,(H,21,25). The number of rotatable bonds is 6. The van der Waals surface area contributed by atoms with E-state index in [2.05, 4.69) is 5.32 Å². The van der Waals surface area contributed by atoms with Crippen LogP contribution in [-0.4, -0.2) is 34.7 Å². The van der Waals surface area contributed by atoms with E-state index < -0.39 is 4.92 Å². The minimum atomic E-state index is -0.469. The van der Waals surface area contributed by atoms with Crippen LogP contribution in [0.15, 0.2) is 48.5 Å². The summed E-state index contributed by atoms with van der Waals surface area (Å²) >= 11 is 0. The van der Waals surface area contributed by atoms with Crippen molar-refractivity contribution in [2.75, 3.05) is 13.1 Å². The molecular weight excluding hydrogens is 346 g/mol. The molecule has 7 nitrogen and oxygen atoms in total. The molecule has 1 unspecified atom stereocenters. The minimum Gasteiger partial charge on any atom is -0.343 e. The lowest BCUT2D eigenvalue weighted by Crippen LogP contribution is -2.38. The average Bonchev–Trinajstić information content (AvgIpc) is 3.06. The predicted molar refractivity (Wildman–Crippen MR) is 100 cm³/mol. The first kappa shape index (κ1) is 18.6. The van der Waals surface area contributed by atoms with Gasteiger partial charge in [0.1, 0.15) is 0 Å². The van der Waals surface area contributed by atoms with Gasteiger partial charge < -0.3 is 10.2 Å². The molecule has 3 rings (SSSR count). The number of hydrogen-bond donors (Lipinski definition) is 1. The number of likely N-dealkylation sites (tertiary alicyclic amines) is 1. The maximum Gasteiger partial charge on any atom is 0.272 e. The summed E-state index contributed by atoms with van der Waals surface area (Å²) in [7, 11) is 0. The van der Waals surface area contributed by atoms with E-state index in [-0.39, 0.29) is 23.5 Å². The number of aryl methyl sites for hydroxylation is 1. The molecule has 140 valence electrons. The number of hydrogen-bond acceptors (Lipinski definition) is 4. The van der Waals surface area contributed by atoms with E-state index in [1.54, 1.807) is 11.8 Å². The van der Waals surface area contributed by atoms with Crippen LogP contribution in [0.1, 0.15) is 40.4 Å². The van der Waals surface area contributed by atoms with Gasteiger partial charge in [-0.1, -0.05) is 30.3 Å². The van der Waals surface area contributed by atoms with Gasteiger partial charge >= 0.3 is 0 Å². The molecule has 1 heterocycles. The fraction of sp³-hybridized carbons (Fsp3) is 0.300. The first-order chi connectivity index (χ1) is 13.0. The highest BCUT2D eigenvalue weighted by molar-refractivity contribution is 5.95. The molecular formula is C20H21N3O4. The smallest absolute Gasteiger partial charge is 0.272 e. The Hall–Kier alpha value is -3.22. The number of carbonyl (C=O) groups excluding carboxylic acids is 2. The third-order valence-corrected chi connectivity index (χ3v) is 4.74. The van der Waals surface area contributed by atoms with Gasteiger partial charge in [-0.15, -0.1) is 0 Å². The van der Waals surface area contributed by atoms with Crippen LogP contribution in [0.2, 0.25) is 0 Å². The SMILES string of the molecule is Cc1cc(C(=O)NC(CN2CCCC2=O)c2ccccc2)ccc1[N+](=O)[O-]. The Bertz CT molecular complexity index is 867. The molecule has 0 spiro atoms. The van der Waals surface area contributed by atoms with Gasteiger partial charge in [-0.25, -0.2) is 0 Å². The highest BCUT2D eigenvalue weighted by Crippen LogP contribution is 2.21. The van der Waals surface area contributed by atoms with E-state index in [0.29, 0.717) is 30.6 Å². The lowest BCUT2D eigenvalue weighted by atomic mass is 10.0. The first-order valence-corrected chi connectivity index (χ1v) is 8.84. The molecule has 1 N–H and O–H groups in total. The second kappa shape index (κ2) is 7.99. The van der Waals surface area contributed by atoms with Gasteiger partial charge in [-0.05, 0) is 31.0 Å². The number of nitrogens with one attached hydrogen (secondary N) is 1. The molecule has 1 aliphatic rings. The highest BCUT2D eigenvalue weighted by Gasteiger charge is 2.26. The van der Waals surface area contributed by atoms with Gasteiger partial charge in [0.05, 0.1) is 11.0 Å². The van der Waals surface area contributed by atoms with E-state index in [1.807, 2.05) is 30.3 Å². The maximum atomic E-state index is 12.7. The van der Waals surface area contributed by atoms with E-state index in [4.69, 9.17) is 0 Å². The Morgan fingerprint density at radius 1 is 1.26 bits per heavy atom. The number of amides is 2. The number of nitrogens with zero attached hydrogens (tertiary/aromatic N) is 2. The first-order valence-electron chi connectivity index (χ1n) is 8.84. The number of nitro benzene ring substituents is 1. The Kier molecular flexibility index (Phi) is 5.49. The molecule has 7 heteroatoms. The second-order valence-corrected chi connectivity index (χ2v) is 6.64. The fourth-order valence-corrected chi connectivity index (χ4v) is 3.28. The van der Waals surface area contributed by atoms with Gasteiger partial charge in [0.15, 0.2) is 0 Å². The van der Waals surface area contributed by atoms with Crippen LogP contribution < -0.4 is 5.32 Å². The second-order valence-electron chi connectivity index (χ2n) is 6.64. The van der Waals surface area contributed by atoms with Gasteiger partial charge in [-0.3, -0.25) is 19.7 Å². The summed E-state index contributed by atoms with van der Waals surface area (Å²) in [5.74, 6) is -0.232. The lowest BCUT2D eigenvalue weighted by molar-refractivity contribution is -0.385. The van der Waals surface area contributed by atoms with Crippen LogP contribution in [-0.2, 0) is 4.79 Å². The zero-order valence-corrected chi connectivity index (χ0v) is 15.1.